The van der Waals surface area contributed by atoms with Gasteiger partial charge in [0.05, 0.1) is 19.0 Å². The Morgan fingerprint density at radius 1 is 1.19 bits per heavy atom. The lowest BCUT2D eigenvalue weighted by Crippen LogP contribution is -1.88. The highest BCUT2D eigenvalue weighted by molar-refractivity contribution is 7.14. The summed E-state index contributed by atoms with van der Waals surface area (Å²) in [4.78, 5) is 5.62. The standard InChI is InChI=1S/C15H13N3OS2/c1-19-12-6-4-11(5-7-12)14-10-21-15(17-14)18-16-9-13-3-2-8-20-13/h2-10H,1H3,(H,17,18)/b16-9-. The lowest BCUT2D eigenvalue weighted by Gasteiger charge is -2.00. The molecule has 3 rings (SSSR count). The first-order valence-corrected chi connectivity index (χ1v) is 8.03. The molecular weight excluding hydrogens is 302 g/mol. The van der Waals surface area contributed by atoms with E-state index in [0.29, 0.717) is 0 Å². The van der Waals surface area contributed by atoms with Crippen molar-refractivity contribution in [3.8, 4) is 17.0 Å². The molecular formula is C15H13N3OS2. The van der Waals surface area contributed by atoms with Crippen LogP contribution >= 0.6 is 22.7 Å². The van der Waals surface area contributed by atoms with Gasteiger partial charge in [-0.05, 0) is 35.7 Å². The molecule has 21 heavy (non-hydrogen) atoms. The molecule has 0 radical (unpaired) electrons. The zero-order valence-corrected chi connectivity index (χ0v) is 12.9. The van der Waals surface area contributed by atoms with E-state index in [1.165, 1.54) is 11.3 Å². The Morgan fingerprint density at radius 2 is 2.05 bits per heavy atom. The Morgan fingerprint density at radius 3 is 2.76 bits per heavy atom. The molecule has 1 aromatic carbocycles. The molecule has 0 aliphatic rings. The zero-order valence-electron chi connectivity index (χ0n) is 11.3. The first-order chi connectivity index (χ1) is 10.3. The maximum Gasteiger partial charge on any atom is 0.203 e. The Kier molecular flexibility index (Phi) is 4.28. The van der Waals surface area contributed by atoms with E-state index in [-0.39, 0.29) is 0 Å². The van der Waals surface area contributed by atoms with Crippen molar-refractivity contribution in [2.24, 2.45) is 5.10 Å². The maximum absolute atomic E-state index is 5.15. The molecule has 3 aromatic rings. The molecule has 106 valence electrons. The highest BCUT2D eigenvalue weighted by Gasteiger charge is 2.04. The number of hydrazone groups is 1. The van der Waals surface area contributed by atoms with E-state index in [2.05, 4.69) is 15.5 Å². The van der Waals surface area contributed by atoms with Crippen molar-refractivity contribution in [2.45, 2.75) is 0 Å². The molecule has 0 amide bonds. The number of anilines is 1. The summed E-state index contributed by atoms with van der Waals surface area (Å²) in [5.41, 5.74) is 4.94. The van der Waals surface area contributed by atoms with E-state index in [4.69, 9.17) is 4.74 Å². The highest BCUT2D eigenvalue weighted by atomic mass is 32.1. The van der Waals surface area contributed by atoms with Crippen molar-refractivity contribution < 1.29 is 4.74 Å². The second-order valence-electron chi connectivity index (χ2n) is 4.15. The summed E-state index contributed by atoms with van der Waals surface area (Å²) in [5, 5.41) is 8.98. The van der Waals surface area contributed by atoms with Gasteiger partial charge in [-0.3, -0.25) is 5.43 Å². The number of hydrogen-bond acceptors (Lipinski definition) is 6. The second-order valence-corrected chi connectivity index (χ2v) is 5.99. The number of thiophene rings is 1. The quantitative estimate of drug-likeness (QED) is 0.563. The van der Waals surface area contributed by atoms with Crippen LogP contribution in [0.2, 0.25) is 0 Å². The van der Waals surface area contributed by atoms with Crippen molar-refractivity contribution in [3.63, 3.8) is 0 Å². The fourth-order valence-corrected chi connectivity index (χ4v) is 2.99. The topological polar surface area (TPSA) is 46.5 Å². The van der Waals surface area contributed by atoms with Crippen molar-refractivity contribution in [2.75, 3.05) is 12.5 Å². The molecule has 0 atom stereocenters. The molecule has 0 unspecified atom stereocenters. The minimum atomic E-state index is 0.772. The zero-order chi connectivity index (χ0) is 14.5. The van der Waals surface area contributed by atoms with Gasteiger partial charge in [-0.15, -0.1) is 22.7 Å². The lowest BCUT2D eigenvalue weighted by atomic mass is 10.2. The Labute approximate surface area is 130 Å². The molecule has 0 fully saturated rings. The van der Waals surface area contributed by atoms with Crippen molar-refractivity contribution in [1.29, 1.82) is 0 Å². The van der Waals surface area contributed by atoms with E-state index < -0.39 is 0 Å². The van der Waals surface area contributed by atoms with Crippen LogP contribution in [-0.4, -0.2) is 18.3 Å². The summed E-state index contributed by atoms with van der Waals surface area (Å²) in [6.45, 7) is 0. The number of methoxy groups -OCH3 is 1. The van der Waals surface area contributed by atoms with Crippen LogP contribution in [0.5, 0.6) is 5.75 Å². The smallest absolute Gasteiger partial charge is 0.203 e. The predicted octanol–water partition coefficient (Wildman–Crippen LogP) is 4.33. The fraction of sp³-hybridized carbons (Fsp3) is 0.0667. The Hall–Kier alpha value is -2.18. The van der Waals surface area contributed by atoms with Crippen LogP contribution in [0.1, 0.15) is 4.88 Å². The molecule has 6 heteroatoms. The maximum atomic E-state index is 5.15. The largest absolute Gasteiger partial charge is 0.497 e. The number of thiazole rings is 1. The van der Waals surface area contributed by atoms with Gasteiger partial charge in [0.1, 0.15) is 5.75 Å². The van der Waals surface area contributed by atoms with Gasteiger partial charge in [0.25, 0.3) is 0 Å². The third-order valence-electron chi connectivity index (χ3n) is 2.79. The summed E-state index contributed by atoms with van der Waals surface area (Å²) < 4.78 is 5.15. The molecule has 0 bridgehead atoms. The molecule has 0 saturated carbocycles. The molecule has 0 saturated heterocycles. The van der Waals surface area contributed by atoms with Gasteiger partial charge >= 0.3 is 0 Å². The lowest BCUT2D eigenvalue weighted by molar-refractivity contribution is 0.415. The first kappa shape index (κ1) is 13.8. The predicted molar refractivity (Wildman–Crippen MR) is 89.6 cm³/mol. The fourth-order valence-electron chi connectivity index (χ4n) is 1.74. The summed E-state index contributed by atoms with van der Waals surface area (Å²) >= 11 is 3.17. The van der Waals surface area contributed by atoms with Gasteiger partial charge in [-0.1, -0.05) is 6.07 Å². The average Bonchev–Trinajstić information content (AvgIpc) is 3.19. The second kappa shape index (κ2) is 6.51. The van der Waals surface area contributed by atoms with Gasteiger partial charge in [0.15, 0.2) is 0 Å². The number of benzene rings is 1. The number of nitrogens with zero attached hydrogens (tertiary/aromatic N) is 2. The number of rotatable bonds is 5. The number of aromatic nitrogens is 1. The number of nitrogens with one attached hydrogen (secondary N) is 1. The number of hydrogen-bond donors (Lipinski definition) is 1. The van der Waals surface area contributed by atoms with Gasteiger partial charge in [-0.2, -0.15) is 5.10 Å². The third kappa shape index (κ3) is 3.48. The van der Waals surface area contributed by atoms with E-state index in [1.807, 2.05) is 47.2 Å². The van der Waals surface area contributed by atoms with E-state index in [0.717, 1.165) is 27.0 Å². The van der Waals surface area contributed by atoms with Crippen molar-refractivity contribution >= 4 is 34.0 Å². The van der Waals surface area contributed by atoms with Gasteiger partial charge in [0.2, 0.25) is 5.13 Å². The van der Waals surface area contributed by atoms with E-state index in [1.54, 1.807) is 24.7 Å². The molecule has 0 spiro atoms. The molecule has 0 aliphatic heterocycles. The van der Waals surface area contributed by atoms with Crippen LogP contribution < -0.4 is 10.2 Å². The summed E-state index contributed by atoms with van der Waals surface area (Å²) in [6, 6.07) is 11.9. The summed E-state index contributed by atoms with van der Waals surface area (Å²) in [7, 11) is 1.66. The summed E-state index contributed by atoms with van der Waals surface area (Å²) in [6.07, 6.45) is 1.79. The highest BCUT2D eigenvalue weighted by Crippen LogP contribution is 2.26. The number of ether oxygens (including phenoxy) is 1. The minimum absolute atomic E-state index is 0.772. The summed E-state index contributed by atoms with van der Waals surface area (Å²) in [5.74, 6) is 0.841. The Balaban J connectivity index is 1.68. The van der Waals surface area contributed by atoms with Crippen molar-refractivity contribution in [3.05, 3.63) is 52.0 Å². The Bertz CT molecular complexity index is 718. The van der Waals surface area contributed by atoms with Crippen LogP contribution in [-0.2, 0) is 0 Å². The average molecular weight is 315 g/mol. The van der Waals surface area contributed by atoms with E-state index >= 15 is 0 Å². The molecule has 0 aliphatic carbocycles. The van der Waals surface area contributed by atoms with Gasteiger partial charge < -0.3 is 4.74 Å². The van der Waals surface area contributed by atoms with Crippen LogP contribution in [0, 0.1) is 0 Å². The van der Waals surface area contributed by atoms with Gasteiger partial charge in [-0.25, -0.2) is 4.98 Å². The molecule has 2 aromatic heterocycles. The van der Waals surface area contributed by atoms with Crippen LogP contribution in [0.15, 0.2) is 52.3 Å². The molecule has 2 heterocycles. The van der Waals surface area contributed by atoms with Crippen molar-refractivity contribution in [1.82, 2.24) is 4.98 Å². The normalized spacial score (nSPS) is 10.9. The van der Waals surface area contributed by atoms with Gasteiger partial charge in [0, 0.05) is 15.8 Å². The van der Waals surface area contributed by atoms with E-state index in [9.17, 15) is 0 Å². The molecule has 1 N–H and O–H groups in total. The van der Waals surface area contributed by atoms with Crippen LogP contribution in [0.25, 0.3) is 11.3 Å². The van der Waals surface area contributed by atoms with Crippen LogP contribution in [0.4, 0.5) is 5.13 Å². The minimum Gasteiger partial charge on any atom is -0.497 e. The molecule has 4 nitrogen and oxygen atoms in total. The SMILES string of the molecule is COc1ccc(-c2csc(N/N=C\c3cccs3)n2)cc1. The first-order valence-electron chi connectivity index (χ1n) is 6.28. The van der Waals surface area contributed by atoms with Crippen LogP contribution in [0.3, 0.4) is 0 Å². The monoisotopic (exact) mass is 315 g/mol. The third-order valence-corrected chi connectivity index (χ3v) is 4.34.